The number of ketones is 1. The Morgan fingerprint density at radius 2 is 0.831 bits per heavy atom. The molecule has 2 aliphatic heterocycles. The van der Waals surface area contributed by atoms with Gasteiger partial charge in [-0.3, -0.25) is 4.79 Å². The van der Waals surface area contributed by atoms with E-state index in [2.05, 4.69) is 13.8 Å². The van der Waals surface area contributed by atoms with Gasteiger partial charge >= 0.3 is 0 Å². The lowest BCUT2D eigenvalue weighted by Crippen LogP contribution is -2.62. The smallest absolute Gasteiger partial charge is 0.187 e. The number of rotatable bonds is 46. The first-order valence-electron chi connectivity index (χ1n) is 29.2. The summed E-state index contributed by atoms with van der Waals surface area (Å²) in [6, 6.07) is -1.58. The molecule has 0 aromatic rings. The van der Waals surface area contributed by atoms with Crippen molar-refractivity contribution in [3.05, 3.63) is 0 Å². The zero-order valence-corrected chi connectivity index (χ0v) is 44.7. The highest BCUT2D eigenvalue weighted by Gasteiger charge is 2.49. The predicted molar refractivity (Wildman–Crippen MR) is 278 cm³/mol. The number of hydrogen-bond donors (Lipinski definition) is 11. The summed E-state index contributed by atoms with van der Waals surface area (Å²) >= 11 is 0. The Morgan fingerprint density at radius 1 is 0.479 bits per heavy atom. The van der Waals surface area contributed by atoms with Crippen LogP contribution in [0, 0.1) is 5.92 Å². The van der Waals surface area contributed by atoms with Crippen LogP contribution in [0.2, 0.25) is 0 Å². The molecule has 2 heterocycles. The molecule has 12 N–H and O–H groups in total. The van der Waals surface area contributed by atoms with E-state index in [1.54, 1.807) is 0 Å². The fraction of sp³-hybridized carbons (Fsp3) is 0.982. The summed E-state index contributed by atoms with van der Waals surface area (Å²) in [5.41, 5.74) is 6.57. The van der Waals surface area contributed by atoms with Gasteiger partial charge in [-0.1, -0.05) is 219 Å². The van der Waals surface area contributed by atoms with E-state index in [-0.39, 0.29) is 12.8 Å². The normalized spacial score (nSPS) is 27.1. The number of aliphatic hydroxyl groups is 10. The number of carbonyl (C=O) groups is 1. The molecule has 0 aliphatic carbocycles. The lowest BCUT2D eigenvalue weighted by Gasteiger charge is -2.44. The molecular formula is C56H109NO14. The van der Waals surface area contributed by atoms with Gasteiger partial charge in [0.1, 0.15) is 54.9 Å². The van der Waals surface area contributed by atoms with Crippen molar-refractivity contribution in [1.29, 1.82) is 0 Å². The fourth-order valence-corrected chi connectivity index (χ4v) is 10.6. The lowest BCUT2D eigenvalue weighted by molar-refractivity contribution is -0.311. The molecule has 0 aromatic carbocycles. The minimum atomic E-state index is -1.84. The number of ether oxygens (including phenoxy) is 3. The molecule has 0 amide bonds. The van der Waals surface area contributed by atoms with Crippen LogP contribution in [0.5, 0.6) is 0 Å². The first-order chi connectivity index (χ1) is 34.3. The number of carbonyl (C=O) groups excluding carboxylic acids is 1. The maximum atomic E-state index is 13.9. The summed E-state index contributed by atoms with van der Waals surface area (Å²) in [5, 5.41) is 107. The van der Waals surface area contributed by atoms with Crippen molar-refractivity contribution in [1.82, 2.24) is 0 Å². The van der Waals surface area contributed by atoms with Crippen LogP contribution in [0.4, 0.5) is 0 Å². The largest absolute Gasteiger partial charge is 0.394 e. The molecule has 15 heteroatoms. The Bertz CT molecular complexity index is 1250. The topological polar surface area (TPSA) is 273 Å². The number of nitrogens with two attached hydrogens (primary N) is 1. The fourth-order valence-electron chi connectivity index (χ4n) is 10.6. The van der Waals surface area contributed by atoms with E-state index in [0.717, 1.165) is 51.4 Å². The van der Waals surface area contributed by atoms with E-state index in [1.165, 1.54) is 148 Å². The van der Waals surface area contributed by atoms with Crippen LogP contribution in [0.1, 0.15) is 245 Å². The average molecular weight is 1020 g/mol. The molecule has 2 fully saturated rings. The van der Waals surface area contributed by atoms with E-state index in [1.807, 2.05) is 0 Å². The molecular weight excluding hydrogens is 911 g/mol. The lowest BCUT2D eigenvalue weighted by atomic mass is 9.80. The van der Waals surface area contributed by atoms with Gasteiger partial charge in [0.15, 0.2) is 12.1 Å². The van der Waals surface area contributed by atoms with Gasteiger partial charge in [0.2, 0.25) is 0 Å². The first kappa shape index (κ1) is 66.2. The molecule has 0 spiro atoms. The standard InChI is InChI=1S/C56H109NO14/c1-3-5-7-9-11-13-15-16-17-18-19-20-21-22-23-24-25-26-27-29-31-33-35-37-42(60)55(71-56-53(68)51(66)49(64)45(40-59)70-56)46(57)47(62)43(61)38-41(36-34-32-30-28-14-12-10-8-6-4-2)54-52(67)50(65)48(63)44(39-58)69-54/h41,43-56,58-59,61-68H,3-40,57H2,1-2H3/t41?,43-,44-,45-,46+,47-,48+,49+,50+,51+,52-,53-,54-,55?,56-/m1/s1. The third-order valence-corrected chi connectivity index (χ3v) is 15.5. The van der Waals surface area contributed by atoms with Gasteiger partial charge in [0.05, 0.1) is 37.6 Å². The zero-order valence-electron chi connectivity index (χ0n) is 44.7. The quantitative estimate of drug-likeness (QED) is 0.0267. The summed E-state index contributed by atoms with van der Waals surface area (Å²) in [6.07, 6.45) is 19.1. The predicted octanol–water partition coefficient (Wildman–Crippen LogP) is 7.33. The molecule has 422 valence electrons. The van der Waals surface area contributed by atoms with E-state index in [0.29, 0.717) is 19.3 Å². The van der Waals surface area contributed by atoms with E-state index >= 15 is 0 Å². The minimum absolute atomic E-state index is 0.00400. The Kier molecular flexibility index (Phi) is 38.5. The van der Waals surface area contributed by atoms with E-state index < -0.39 is 110 Å². The van der Waals surface area contributed by atoms with Gasteiger partial charge < -0.3 is 71.0 Å². The van der Waals surface area contributed by atoms with E-state index in [9.17, 15) is 55.9 Å². The molecule has 2 aliphatic rings. The summed E-state index contributed by atoms with van der Waals surface area (Å²) < 4.78 is 17.4. The summed E-state index contributed by atoms with van der Waals surface area (Å²) in [5.74, 6) is -1.21. The Hall–Kier alpha value is -0.890. The molecule has 0 saturated carbocycles. The van der Waals surface area contributed by atoms with Gasteiger partial charge in [-0.05, 0) is 25.2 Å². The summed E-state index contributed by atoms with van der Waals surface area (Å²) in [6.45, 7) is 3.11. The SMILES string of the molecule is CCCCCCCCCCCCCCCCCCCCCCCCCC(=O)C(O[C@H]1O[C@H](CO)[C@H](O)[C@H](O)[C@H]1O)[C@@H](N)[C@H](O)[C@H](O)CC(CCCCCCCCCCCC)[C@H]1O[C@H](CO)[C@H](O)[C@H](O)[C@H]1O. The highest BCUT2D eigenvalue weighted by Crippen LogP contribution is 2.33. The second-order valence-electron chi connectivity index (χ2n) is 21.6. The maximum Gasteiger partial charge on any atom is 0.187 e. The van der Waals surface area contributed by atoms with Crippen molar-refractivity contribution < 1.29 is 70.1 Å². The monoisotopic (exact) mass is 1020 g/mol. The number of aliphatic hydroxyl groups excluding tert-OH is 10. The van der Waals surface area contributed by atoms with Crippen LogP contribution >= 0.6 is 0 Å². The van der Waals surface area contributed by atoms with Crippen LogP contribution in [-0.4, -0.2) is 156 Å². The summed E-state index contributed by atoms with van der Waals surface area (Å²) in [4.78, 5) is 13.9. The number of hydrogen-bond acceptors (Lipinski definition) is 15. The second kappa shape index (κ2) is 41.3. The summed E-state index contributed by atoms with van der Waals surface area (Å²) in [7, 11) is 0. The van der Waals surface area contributed by atoms with Crippen LogP contribution in [0.3, 0.4) is 0 Å². The van der Waals surface area contributed by atoms with Crippen LogP contribution in [0.15, 0.2) is 0 Å². The second-order valence-corrected chi connectivity index (χ2v) is 21.6. The average Bonchev–Trinajstić information content (AvgIpc) is 3.37. The third-order valence-electron chi connectivity index (χ3n) is 15.5. The van der Waals surface area contributed by atoms with Crippen molar-refractivity contribution in [2.24, 2.45) is 11.7 Å². The maximum absolute atomic E-state index is 13.9. The Balaban J connectivity index is 1.90. The minimum Gasteiger partial charge on any atom is -0.394 e. The van der Waals surface area contributed by atoms with Crippen LogP contribution < -0.4 is 5.73 Å². The van der Waals surface area contributed by atoms with Crippen molar-refractivity contribution in [2.45, 2.75) is 331 Å². The van der Waals surface area contributed by atoms with Crippen molar-refractivity contribution in [2.75, 3.05) is 13.2 Å². The number of Topliss-reactive ketones (excluding diaryl/α,β-unsaturated/α-hetero) is 1. The molecule has 2 saturated heterocycles. The molecule has 0 radical (unpaired) electrons. The van der Waals surface area contributed by atoms with Gasteiger partial charge in [-0.15, -0.1) is 0 Å². The van der Waals surface area contributed by atoms with Gasteiger partial charge in [0.25, 0.3) is 0 Å². The van der Waals surface area contributed by atoms with Crippen molar-refractivity contribution >= 4 is 5.78 Å². The van der Waals surface area contributed by atoms with Crippen LogP contribution in [0.25, 0.3) is 0 Å². The van der Waals surface area contributed by atoms with Gasteiger partial charge in [-0.25, -0.2) is 0 Å². The molecule has 2 unspecified atom stereocenters. The van der Waals surface area contributed by atoms with Crippen LogP contribution in [-0.2, 0) is 19.0 Å². The van der Waals surface area contributed by atoms with Gasteiger partial charge in [0, 0.05) is 6.42 Å². The molecule has 15 atom stereocenters. The molecule has 2 rings (SSSR count). The highest BCUT2D eigenvalue weighted by molar-refractivity contribution is 5.84. The Labute approximate surface area is 430 Å². The molecule has 0 bridgehead atoms. The van der Waals surface area contributed by atoms with Crippen molar-refractivity contribution in [3.63, 3.8) is 0 Å². The Morgan fingerprint density at radius 3 is 1.23 bits per heavy atom. The zero-order chi connectivity index (χ0) is 52.2. The van der Waals surface area contributed by atoms with Crippen molar-refractivity contribution in [3.8, 4) is 0 Å². The molecule has 0 aromatic heterocycles. The van der Waals surface area contributed by atoms with Gasteiger partial charge in [-0.2, -0.15) is 0 Å². The number of unbranched alkanes of at least 4 members (excludes halogenated alkanes) is 31. The first-order valence-corrected chi connectivity index (χ1v) is 29.2. The van der Waals surface area contributed by atoms with E-state index in [4.69, 9.17) is 19.9 Å². The highest BCUT2D eigenvalue weighted by atomic mass is 16.7. The third kappa shape index (κ3) is 26.6. The molecule has 15 nitrogen and oxygen atoms in total. The molecule has 71 heavy (non-hydrogen) atoms.